The van der Waals surface area contributed by atoms with Gasteiger partial charge in [-0.15, -0.1) is 11.3 Å². The van der Waals surface area contributed by atoms with Crippen LogP contribution in [-0.4, -0.2) is 41.9 Å². The molecule has 0 radical (unpaired) electrons. The molecule has 3 nitrogen and oxygen atoms in total. The van der Waals surface area contributed by atoms with Gasteiger partial charge in [0.2, 0.25) is 0 Å². The second-order valence-electron chi connectivity index (χ2n) is 4.57. The highest BCUT2D eigenvalue weighted by molar-refractivity contribution is 7.99. The first-order valence-corrected chi connectivity index (χ1v) is 8.47. The second-order valence-corrected chi connectivity index (χ2v) is 6.75. The van der Waals surface area contributed by atoms with Crippen LogP contribution in [0.4, 0.5) is 0 Å². The van der Waals surface area contributed by atoms with Crippen LogP contribution in [0.3, 0.4) is 0 Å². The predicted octanol–water partition coefficient (Wildman–Crippen LogP) is 2.11. The Labute approximate surface area is 117 Å². The van der Waals surface area contributed by atoms with Gasteiger partial charge >= 0.3 is 0 Å². The molecule has 2 rings (SSSR count). The van der Waals surface area contributed by atoms with E-state index in [0.29, 0.717) is 25.8 Å². The molecular weight excluding hydrogens is 266 g/mol. The highest BCUT2D eigenvalue weighted by Crippen LogP contribution is 2.16. The van der Waals surface area contributed by atoms with Crippen molar-refractivity contribution in [1.82, 2.24) is 5.32 Å². The quantitative estimate of drug-likeness (QED) is 0.806. The van der Waals surface area contributed by atoms with E-state index >= 15 is 0 Å². The molecule has 1 fully saturated rings. The second kappa shape index (κ2) is 8.17. The van der Waals surface area contributed by atoms with Gasteiger partial charge in [0.15, 0.2) is 0 Å². The van der Waals surface area contributed by atoms with E-state index in [1.807, 2.05) is 23.2 Å². The average Bonchev–Trinajstić information content (AvgIpc) is 2.91. The molecule has 0 spiro atoms. The minimum absolute atomic E-state index is 0.406. The van der Waals surface area contributed by atoms with Gasteiger partial charge in [0.1, 0.15) is 0 Å². The largest absolute Gasteiger partial charge is 0.389 e. The number of aliphatic hydroxyl groups is 1. The van der Waals surface area contributed by atoms with Crippen molar-refractivity contribution in [3.8, 4) is 0 Å². The fourth-order valence-corrected chi connectivity index (χ4v) is 3.70. The van der Waals surface area contributed by atoms with Crippen LogP contribution >= 0.6 is 23.1 Å². The zero-order chi connectivity index (χ0) is 12.6. The number of nitrogens with one attached hydrogen (secondary N) is 1. The van der Waals surface area contributed by atoms with Crippen molar-refractivity contribution >= 4 is 23.1 Å². The summed E-state index contributed by atoms with van der Waals surface area (Å²) >= 11 is 3.68. The average molecular weight is 287 g/mol. The van der Waals surface area contributed by atoms with Gasteiger partial charge in [-0.2, -0.15) is 11.8 Å². The van der Waals surface area contributed by atoms with Crippen LogP contribution in [0.5, 0.6) is 0 Å². The summed E-state index contributed by atoms with van der Waals surface area (Å²) in [6.07, 6.45) is 2.11. The normalized spacial score (nSPS) is 21.9. The number of hydrogen-bond donors (Lipinski definition) is 2. The molecule has 2 heterocycles. The molecule has 1 aliphatic rings. The summed E-state index contributed by atoms with van der Waals surface area (Å²) in [5.41, 5.74) is 0. The maximum atomic E-state index is 9.82. The molecule has 0 saturated carbocycles. The number of thiophene rings is 1. The summed E-state index contributed by atoms with van der Waals surface area (Å²) in [6.45, 7) is 1.65. The summed E-state index contributed by atoms with van der Waals surface area (Å²) in [6, 6.07) is 4.63. The molecule has 0 bridgehead atoms. The molecule has 1 aromatic heterocycles. The van der Waals surface area contributed by atoms with E-state index in [9.17, 15) is 5.11 Å². The van der Waals surface area contributed by atoms with Gasteiger partial charge in [-0.25, -0.2) is 0 Å². The third-order valence-corrected chi connectivity index (χ3v) is 5.00. The van der Waals surface area contributed by atoms with E-state index in [1.54, 1.807) is 11.3 Å². The Morgan fingerprint density at radius 2 is 2.50 bits per heavy atom. The molecule has 0 aliphatic carbocycles. The molecular formula is C13H21NO2S2. The van der Waals surface area contributed by atoms with Gasteiger partial charge in [0, 0.05) is 23.2 Å². The molecule has 1 saturated heterocycles. The van der Waals surface area contributed by atoms with E-state index in [2.05, 4.69) is 11.4 Å². The minimum atomic E-state index is -0.406. The Bertz CT molecular complexity index is 313. The van der Waals surface area contributed by atoms with Crippen LogP contribution < -0.4 is 5.32 Å². The van der Waals surface area contributed by atoms with E-state index in [0.717, 1.165) is 0 Å². The van der Waals surface area contributed by atoms with Crippen LogP contribution in [-0.2, 0) is 11.3 Å². The third kappa shape index (κ3) is 5.28. The van der Waals surface area contributed by atoms with Crippen molar-refractivity contribution in [2.75, 3.05) is 24.7 Å². The fraction of sp³-hybridized carbons (Fsp3) is 0.692. The van der Waals surface area contributed by atoms with Crippen LogP contribution in [0.2, 0.25) is 0 Å². The lowest BCUT2D eigenvalue weighted by Gasteiger charge is -2.23. The first-order valence-electron chi connectivity index (χ1n) is 6.44. The topological polar surface area (TPSA) is 41.5 Å². The monoisotopic (exact) mass is 287 g/mol. The van der Waals surface area contributed by atoms with Gasteiger partial charge in [-0.3, -0.25) is 0 Å². The van der Waals surface area contributed by atoms with Crippen LogP contribution in [0.1, 0.15) is 17.7 Å². The Balaban J connectivity index is 1.53. The van der Waals surface area contributed by atoms with Crippen molar-refractivity contribution in [3.05, 3.63) is 22.4 Å². The summed E-state index contributed by atoms with van der Waals surface area (Å²) in [5, 5.41) is 15.3. The summed E-state index contributed by atoms with van der Waals surface area (Å²) in [4.78, 5) is 1.21. The van der Waals surface area contributed by atoms with E-state index in [4.69, 9.17) is 4.74 Å². The molecule has 2 atom stereocenters. The number of thioether (sulfide) groups is 1. The van der Waals surface area contributed by atoms with E-state index in [-0.39, 0.29) is 0 Å². The zero-order valence-electron chi connectivity index (χ0n) is 10.5. The van der Waals surface area contributed by atoms with Crippen molar-refractivity contribution in [1.29, 1.82) is 0 Å². The summed E-state index contributed by atoms with van der Waals surface area (Å²) < 4.78 is 5.49. The van der Waals surface area contributed by atoms with Gasteiger partial charge < -0.3 is 15.2 Å². The molecule has 102 valence electrons. The number of aliphatic hydroxyl groups excluding tert-OH is 1. The molecule has 18 heavy (non-hydrogen) atoms. The Hall–Kier alpha value is -0.0700. The first-order chi connectivity index (χ1) is 8.84. The van der Waals surface area contributed by atoms with Crippen molar-refractivity contribution in [3.63, 3.8) is 0 Å². The molecule has 0 aromatic carbocycles. The Kier molecular flexibility index (Phi) is 6.51. The van der Waals surface area contributed by atoms with Crippen LogP contribution in [0.15, 0.2) is 17.5 Å². The summed E-state index contributed by atoms with van der Waals surface area (Å²) in [7, 11) is 0. The van der Waals surface area contributed by atoms with Gasteiger partial charge in [0.05, 0.1) is 19.3 Å². The molecule has 0 amide bonds. The molecule has 2 N–H and O–H groups in total. The van der Waals surface area contributed by atoms with Crippen molar-refractivity contribution in [2.45, 2.75) is 31.6 Å². The number of rotatable bonds is 7. The number of hydrogen-bond acceptors (Lipinski definition) is 5. The van der Waals surface area contributed by atoms with Crippen LogP contribution in [0, 0.1) is 0 Å². The molecule has 2 unspecified atom stereocenters. The Morgan fingerprint density at radius 1 is 1.56 bits per heavy atom. The highest BCUT2D eigenvalue weighted by Gasteiger charge is 2.14. The predicted molar refractivity (Wildman–Crippen MR) is 78.3 cm³/mol. The van der Waals surface area contributed by atoms with Crippen LogP contribution in [0.25, 0.3) is 0 Å². The molecule has 1 aliphatic heterocycles. The summed E-state index contributed by atoms with van der Waals surface area (Å²) in [5.74, 6) is 2.45. The van der Waals surface area contributed by atoms with E-state index in [1.165, 1.54) is 29.2 Å². The SMILES string of the molecule is OC(CNC1CCCSC1)COCc1cccs1. The van der Waals surface area contributed by atoms with Crippen molar-refractivity contribution in [2.24, 2.45) is 0 Å². The molecule has 1 aromatic rings. The lowest BCUT2D eigenvalue weighted by atomic mass is 10.2. The first kappa shape index (κ1) is 14.3. The third-order valence-electron chi connectivity index (χ3n) is 2.94. The lowest BCUT2D eigenvalue weighted by Crippen LogP contribution is -2.40. The standard InChI is InChI=1S/C13H21NO2S2/c15-12(7-14-11-3-1-5-17-10-11)8-16-9-13-4-2-6-18-13/h2,4,6,11-12,14-15H,1,3,5,7-10H2. The lowest BCUT2D eigenvalue weighted by molar-refractivity contribution is 0.0287. The maximum Gasteiger partial charge on any atom is 0.0897 e. The minimum Gasteiger partial charge on any atom is -0.389 e. The van der Waals surface area contributed by atoms with E-state index < -0.39 is 6.10 Å². The maximum absolute atomic E-state index is 9.82. The fourth-order valence-electron chi connectivity index (χ4n) is 1.95. The Morgan fingerprint density at radius 3 is 3.22 bits per heavy atom. The zero-order valence-corrected chi connectivity index (χ0v) is 12.1. The molecule has 5 heteroatoms. The number of ether oxygens (including phenoxy) is 1. The smallest absolute Gasteiger partial charge is 0.0897 e. The van der Waals surface area contributed by atoms with Gasteiger partial charge in [-0.1, -0.05) is 6.07 Å². The van der Waals surface area contributed by atoms with Crippen molar-refractivity contribution < 1.29 is 9.84 Å². The van der Waals surface area contributed by atoms with Gasteiger partial charge in [0.25, 0.3) is 0 Å². The highest BCUT2D eigenvalue weighted by atomic mass is 32.2. The van der Waals surface area contributed by atoms with Gasteiger partial charge in [-0.05, 0) is 30.0 Å².